The number of hydrogen-bond acceptors (Lipinski definition) is 4. The SMILES string of the molecule is CCOc1ccccc1C(CN)N1CCOCC1. The van der Waals surface area contributed by atoms with E-state index in [-0.39, 0.29) is 6.04 Å². The van der Waals surface area contributed by atoms with Crippen LogP contribution in [0.2, 0.25) is 0 Å². The highest BCUT2D eigenvalue weighted by Crippen LogP contribution is 2.29. The van der Waals surface area contributed by atoms with Crippen molar-refractivity contribution in [1.82, 2.24) is 4.90 Å². The van der Waals surface area contributed by atoms with Crippen LogP contribution in [0.25, 0.3) is 0 Å². The molecule has 2 rings (SSSR count). The molecule has 1 aliphatic rings. The number of rotatable bonds is 5. The van der Waals surface area contributed by atoms with Crippen molar-refractivity contribution in [2.75, 3.05) is 39.5 Å². The maximum absolute atomic E-state index is 5.96. The molecule has 1 aromatic carbocycles. The second kappa shape index (κ2) is 6.73. The number of ether oxygens (including phenoxy) is 2. The van der Waals surface area contributed by atoms with E-state index in [1.54, 1.807) is 0 Å². The van der Waals surface area contributed by atoms with Crippen LogP contribution in [-0.4, -0.2) is 44.4 Å². The topological polar surface area (TPSA) is 47.7 Å². The average molecular weight is 250 g/mol. The maximum atomic E-state index is 5.96. The highest BCUT2D eigenvalue weighted by molar-refractivity contribution is 5.36. The summed E-state index contributed by atoms with van der Waals surface area (Å²) < 4.78 is 11.1. The highest BCUT2D eigenvalue weighted by atomic mass is 16.5. The zero-order valence-electron chi connectivity index (χ0n) is 11.0. The minimum absolute atomic E-state index is 0.219. The Kier molecular flexibility index (Phi) is 4.99. The monoisotopic (exact) mass is 250 g/mol. The third-order valence-electron chi connectivity index (χ3n) is 3.29. The van der Waals surface area contributed by atoms with Gasteiger partial charge in [-0.1, -0.05) is 18.2 Å². The van der Waals surface area contributed by atoms with Crippen LogP contribution in [0.5, 0.6) is 5.75 Å². The molecule has 1 fully saturated rings. The van der Waals surface area contributed by atoms with E-state index in [9.17, 15) is 0 Å². The van der Waals surface area contributed by atoms with Crippen molar-refractivity contribution < 1.29 is 9.47 Å². The molecule has 2 N–H and O–H groups in total. The van der Waals surface area contributed by atoms with Gasteiger partial charge in [0, 0.05) is 25.2 Å². The molecule has 1 aromatic rings. The number of benzene rings is 1. The van der Waals surface area contributed by atoms with Gasteiger partial charge in [-0.05, 0) is 13.0 Å². The van der Waals surface area contributed by atoms with Crippen molar-refractivity contribution in [3.63, 3.8) is 0 Å². The molecule has 1 aliphatic heterocycles. The molecule has 1 heterocycles. The molecule has 18 heavy (non-hydrogen) atoms. The fourth-order valence-electron chi connectivity index (χ4n) is 2.40. The van der Waals surface area contributed by atoms with Gasteiger partial charge in [-0.15, -0.1) is 0 Å². The van der Waals surface area contributed by atoms with Crippen molar-refractivity contribution in [2.45, 2.75) is 13.0 Å². The standard InChI is InChI=1S/C14H22N2O2/c1-2-18-14-6-4-3-5-12(14)13(11-15)16-7-9-17-10-8-16/h3-6,13H,2,7-11,15H2,1H3. The number of nitrogens with two attached hydrogens (primary N) is 1. The summed E-state index contributed by atoms with van der Waals surface area (Å²) in [5, 5.41) is 0. The summed E-state index contributed by atoms with van der Waals surface area (Å²) in [4.78, 5) is 2.38. The van der Waals surface area contributed by atoms with Gasteiger partial charge in [0.15, 0.2) is 0 Å². The first-order chi connectivity index (χ1) is 8.86. The molecule has 0 spiro atoms. The highest BCUT2D eigenvalue weighted by Gasteiger charge is 2.23. The van der Waals surface area contributed by atoms with Crippen LogP contribution in [0.1, 0.15) is 18.5 Å². The van der Waals surface area contributed by atoms with E-state index in [4.69, 9.17) is 15.2 Å². The molecule has 1 atom stereocenters. The van der Waals surface area contributed by atoms with Crippen LogP contribution >= 0.6 is 0 Å². The summed E-state index contributed by atoms with van der Waals surface area (Å²) in [6, 6.07) is 8.39. The fourth-order valence-corrected chi connectivity index (χ4v) is 2.40. The van der Waals surface area contributed by atoms with E-state index in [1.165, 1.54) is 5.56 Å². The molecule has 4 nitrogen and oxygen atoms in total. The first-order valence-corrected chi connectivity index (χ1v) is 6.60. The first-order valence-electron chi connectivity index (χ1n) is 6.60. The fraction of sp³-hybridized carbons (Fsp3) is 0.571. The van der Waals surface area contributed by atoms with Crippen LogP contribution in [0.3, 0.4) is 0 Å². The van der Waals surface area contributed by atoms with E-state index in [0.717, 1.165) is 32.1 Å². The second-order valence-corrected chi connectivity index (χ2v) is 4.37. The second-order valence-electron chi connectivity index (χ2n) is 4.37. The van der Waals surface area contributed by atoms with E-state index in [1.807, 2.05) is 25.1 Å². The maximum Gasteiger partial charge on any atom is 0.124 e. The third-order valence-corrected chi connectivity index (χ3v) is 3.29. The van der Waals surface area contributed by atoms with Gasteiger partial charge in [0.1, 0.15) is 5.75 Å². The predicted molar refractivity (Wildman–Crippen MR) is 71.8 cm³/mol. The van der Waals surface area contributed by atoms with Gasteiger partial charge in [-0.3, -0.25) is 4.90 Å². The minimum atomic E-state index is 0.219. The quantitative estimate of drug-likeness (QED) is 0.858. The van der Waals surface area contributed by atoms with Crippen LogP contribution < -0.4 is 10.5 Å². The van der Waals surface area contributed by atoms with Gasteiger partial charge in [0.2, 0.25) is 0 Å². The Morgan fingerprint density at radius 3 is 2.72 bits per heavy atom. The largest absolute Gasteiger partial charge is 0.494 e. The lowest BCUT2D eigenvalue weighted by molar-refractivity contribution is 0.0173. The number of para-hydroxylation sites is 1. The average Bonchev–Trinajstić information content (AvgIpc) is 2.43. The van der Waals surface area contributed by atoms with Crippen molar-refractivity contribution >= 4 is 0 Å². The van der Waals surface area contributed by atoms with Gasteiger partial charge >= 0.3 is 0 Å². The van der Waals surface area contributed by atoms with Crippen LogP contribution in [-0.2, 0) is 4.74 Å². The molecule has 0 radical (unpaired) electrons. The van der Waals surface area contributed by atoms with Crippen molar-refractivity contribution in [1.29, 1.82) is 0 Å². The van der Waals surface area contributed by atoms with Crippen LogP contribution in [0, 0.1) is 0 Å². The lowest BCUT2D eigenvalue weighted by Crippen LogP contribution is -2.41. The predicted octanol–water partition coefficient (Wildman–Crippen LogP) is 1.42. The summed E-state index contributed by atoms with van der Waals surface area (Å²) in [5.41, 5.74) is 7.15. The molecule has 1 saturated heterocycles. The zero-order valence-corrected chi connectivity index (χ0v) is 11.0. The van der Waals surface area contributed by atoms with E-state index < -0.39 is 0 Å². The van der Waals surface area contributed by atoms with E-state index >= 15 is 0 Å². The molecule has 1 unspecified atom stereocenters. The molecule has 0 aliphatic carbocycles. The van der Waals surface area contributed by atoms with Gasteiger partial charge in [0.05, 0.1) is 25.9 Å². The lowest BCUT2D eigenvalue weighted by Gasteiger charge is -2.34. The summed E-state index contributed by atoms with van der Waals surface area (Å²) in [6.07, 6.45) is 0. The molecule has 0 saturated carbocycles. The summed E-state index contributed by atoms with van der Waals surface area (Å²) in [5.74, 6) is 0.946. The van der Waals surface area contributed by atoms with Crippen LogP contribution in [0.4, 0.5) is 0 Å². The summed E-state index contributed by atoms with van der Waals surface area (Å²) >= 11 is 0. The first kappa shape index (κ1) is 13.3. The van der Waals surface area contributed by atoms with Gasteiger partial charge in [0.25, 0.3) is 0 Å². The Hall–Kier alpha value is -1.10. The van der Waals surface area contributed by atoms with Crippen LogP contribution in [0.15, 0.2) is 24.3 Å². The molecule has 0 amide bonds. The normalized spacial score (nSPS) is 18.6. The minimum Gasteiger partial charge on any atom is -0.494 e. The van der Waals surface area contributed by atoms with Gasteiger partial charge < -0.3 is 15.2 Å². The van der Waals surface area contributed by atoms with E-state index in [2.05, 4.69) is 11.0 Å². The molecule has 100 valence electrons. The third kappa shape index (κ3) is 3.02. The van der Waals surface area contributed by atoms with Gasteiger partial charge in [-0.2, -0.15) is 0 Å². The number of morpholine rings is 1. The smallest absolute Gasteiger partial charge is 0.124 e. The number of hydrogen-bond donors (Lipinski definition) is 1. The molecule has 0 aromatic heterocycles. The Morgan fingerprint density at radius 1 is 1.33 bits per heavy atom. The Labute approximate surface area is 109 Å². The lowest BCUT2D eigenvalue weighted by atomic mass is 10.0. The zero-order chi connectivity index (χ0) is 12.8. The molecule has 4 heteroatoms. The van der Waals surface area contributed by atoms with Gasteiger partial charge in [-0.25, -0.2) is 0 Å². The summed E-state index contributed by atoms with van der Waals surface area (Å²) in [7, 11) is 0. The Balaban J connectivity index is 2.20. The van der Waals surface area contributed by atoms with Crippen molar-refractivity contribution in [2.24, 2.45) is 5.73 Å². The Bertz CT molecular complexity index is 365. The van der Waals surface area contributed by atoms with Crippen molar-refractivity contribution in [3.05, 3.63) is 29.8 Å². The van der Waals surface area contributed by atoms with Crippen molar-refractivity contribution in [3.8, 4) is 5.75 Å². The van der Waals surface area contributed by atoms with E-state index in [0.29, 0.717) is 13.2 Å². The number of nitrogens with zero attached hydrogens (tertiary/aromatic N) is 1. The molecular weight excluding hydrogens is 228 g/mol. The molecular formula is C14H22N2O2. The molecule has 0 bridgehead atoms. The Morgan fingerprint density at radius 2 is 2.06 bits per heavy atom. The summed E-state index contributed by atoms with van der Waals surface area (Å²) in [6.45, 7) is 6.72.